The summed E-state index contributed by atoms with van der Waals surface area (Å²) < 4.78 is 51.1. The fourth-order valence-electron chi connectivity index (χ4n) is 3.01. The minimum Gasteiger partial charge on any atom is -0.368 e. The van der Waals surface area contributed by atoms with Gasteiger partial charge in [0.1, 0.15) is 5.82 Å². The van der Waals surface area contributed by atoms with Gasteiger partial charge in [0.15, 0.2) is 0 Å². The van der Waals surface area contributed by atoms with E-state index in [9.17, 15) is 22.4 Å². The average Bonchev–Trinajstić information content (AvgIpc) is 2.61. The summed E-state index contributed by atoms with van der Waals surface area (Å²) in [5.41, 5.74) is 0.653. The number of anilines is 1. The van der Waals surface area contributed by atoms with Crippen LogP contribution in [0.25, 0.3) is 0 Å². The van der Waals surface area contributed by atoms with Crippen molar-refractivity contribution in [3.63, 3.8) is 0 Å². The van der Waals surface area contributed by atoms with Gasteiger partial charge in [-0.2, -0.15) is 13.2 Å². The molecule has 0 radical (unpaired) electrons. The third kappa shape index (κ3) is 4.33. The summed E-state index contributed by atoms with van der Waals surface area (Å²) in [5, 5.41) is 0. The van der Waals surface area contributed by atoms with Crippen LogP contribution >= 0.6 is 0 Å². The lowest BCUT2D eigenvalue weighted by Crippen LogP contribution is -2.49. The van der Waals surface area contributed by atoms with Crippen molar-refractivity contribution in [3.8, 4) is 0 Å². The van der Waals surface area contributed by atoms with Crippen LogP contribution in [0.2, 0.25) is 0 Å². The molecule has 1 amide bonds. The number of hydrogen-bond donors (Lipinski definition) is 0. The summed E-state index contributed by atoms with van der Waals surface area (Å²) >= 11 is 0. The lowest BCUT2D eigenvalue weighted by molar-refractivity contribution is -0.137. The summed E-state index contributed by atoms with van der Waals surface area (Å²) in [5.74, 6) is -0.454. The van der Waals surface area contributed by atoms with Gasteiger partial charge in [-0.15, -0.1) is 0 Å². The van der Waals surface area contributed by atoms with Gasteiger partial charge in [0.2, 0.25) is 5.91 Å². The van der Waals surface area contributed by atoms with Crippen LogP contribution in [0.4, 0.5) is 23.2 Å². The molecular weight excluding hydrogens is 348 g/mol. The van der Waals surface area contributed by atoms with E-state index in [0.717, 1.165) is 12.1 Å². The molecule has 1 saturated heterocycles. The molecule has 0 aromatic heterocycles. The van der Waals surface area contributed by atoms with Crippen molar-refractivity contribution < 1.29 is 22.4 Å². The maximum atomic E-state index is 13.2. The van der Waals surface area contributed by atoms with E-state index in [1.165, 1.54) is 24.3 Å². The molecule has 7 heteroatoms. The van der Waals surface area contributed by atoms with Gasteiger partial charge < -0.3 is 9.80 Å². The second kappa shape index (κ2) is 7.35. The van der Waals surface area contributed by atoms with Gasteiger partial charge in [-0.25, -0.2) is 4.39 Å². The Morgan fingerprint density at radius 2 is 1.62 bits per heavy atom. The first-order valence-electron chi connectivity index (χ1n) is 8.27. The van der Waals surface area contributed by atoms with Gasteiger partial charge in [0, 0.05) is 31.9 Å². The van der Waals surface area contributed by atoms with Gasteiger partial charge in [-0.1, -0.05) is 12.1 Å². The molecular formula is C19H18F4N2O. The number of hydrogen-bond acceptors (Lipinski definition) is 2. The van der Waals surface area contributed by atoms with Crippen molar-refractivity contribution in [1.82, 2.24) is 4.90 Å². The van der Waals surface area contributed by atoms with Gasteiger partial charge in [-0.3, -0.25) is 4.79 Å². The van der Waals surface area contributed by atoms with Crippen LogP contribution in [-0.2, 0) is 17.4 Å². The van der Waals surface area contributed by atoms with Crippen molar-refractivity contribution in [2.75, 3.05) is 31.1 Å². The zero-order valence-electron chi connectivity index (χ0n) is 14.0. The van der Waals surface area contributed by atoms with E-state index in [1.807, 2.05) is 4.90 Å². The Morgan fingerprint density at radius 1 is 0.962 bits per heavy atom. The van der Waals surface area contributed by atoms with E-state index in [1.54, 1.807) is 17.0 Å². The summed E-state index contributed by atoms with van der Waals surface area (Å²) in [6.07, 6.45) is -4.21. The number of nitrogens with zero attached hydrogens (tertiary/aromatic N) is 2. The fraction of sp³-hybridized carbons (Fsp3) is 0.316. The molecule has 3 nitrogen and oxygen atoms in total. The highest BCUT2D eigenvalue weighted by Gasteiger charge is 2.30. The molecule has 0 bridgehead atoms. The maximum absolute atomic E-state index is 13.2. The minimum absolute atomic E-state index is 0.0809. The molecule has 0 unspecified atom stereocenters. The number of carbonyl (C=O) groups is 1. The van der Waals surface area contributed by atoms with Crippen molar-refractivity contribution in [3.05, 3.63) is 65.5 Å². The Hall–Kier alpha value is -2.57. The Labute approximate surface area is 148 Å². The SMILES string of the molecule is O=C(Cc1cccc(F)c1)N1CCN(c2ccc(C(F)(F)F)cc2)CC1. The molecule has 0 saturated carbocycles. The normalized spacial score (nSPS) is 15.2. The molecule has 1 aliphatic rings. The zero-order valence-corrected chi connectivity index (χ0v) is 14.0. The largest absolute Gasteiger partial charge is 0.416 e. The zero-order chi connectivity index (χ0) is 18.7. The Bertz CT molecular complexity index is 766. The second-order valence-corrected chi connectivity index (χ2v) is 6.22. The van der Waals surface area contributed by atoms with Crippen LogP contribution in [-0.4, -0.2) is 37.0 Å². The Kier molecular flexibility index (Phi) is 5.15. The monoisotopic (exact) mass is 366 g/mol. The number of piperazine rings is 1. The molecule has 0 aliphatic carbocycles. The Balaban J connectivity index is 1.56. The average molecular weight is 366 g/mol. The molecule has 2 aromatic carbocycles. The van der Waals surface area contributed by atoms with Crippen molar-refractivity contribution >= 4 is 11.6 Å². The molecule has 0 N–H and O–H groups in total. The lowest BCUT2D eigenvalue weighted by Gasteiger charge is -2.36. The minimum atomic E-state index is -4.35. The van der Waals surface area contributed by atoms with Gasteiger partial charge >= 0.3 is 6.18 Å². The second-order valence-electron chi connectivity index (χ2n) is 6.22. The molecule has 0 atom stereocenters. The van der Waals surface area contributed by atoms with E-state index < -0.39 is 11.7 Å². The van der Waals surface area contributed by atoms with E-state index in [0.29, 0.717) is 37.4 Å². The molecule has 1 fully saturated rings. The molecule has 26 heavy (non-hydrogen) atoms. The molecule has 3 rings (SSSR count). The highest BCUT2D eigenvalue weighted by Crippen LogP contribution is 2.30. The highest BCUT2D eigenvalue weighted by atomic mass is 19.4. The molecule has 0 spiro atoms. The first-order chi connectivity index (χ1) is 12.3. The highest BCUT2D eigenvalue weighted by molar-refractivity contribution is 5.79. The number of rotatable bonds is 3. The van der Waals surface area contributed by atoms with E-state index in [2.05, 4.69) is 0 Å². The van der Waals surface area contributed by atoms with Gasteiger partial charge in [0.25, 0.3) is 0 Å². The standard InChI is InChI=1S/C19H18F4N2O/c20-16-3-1-2-14(12-16)13-18(26)25-10-8-24(9-11-25)17-6-4-15(5-7-17)19(21,22)23/h1-7,12H,8-11,13H2. The summed E-state index contributed by atoms with van der Waals surface area (Å²) in [7, 11) is 0. The third-order valence-electron chi connectivity index (χ3n) is 4.44. The number of benzene rings is 2. The van der Waals surface area contributed by atoms with Crippen LogP contribution in [0.5, 0.6) is 0 Å². The van der Waals surface area contributed by atoms with Gasteiger partial charge in [-0.05, 0) is 42.0 Å². The smallest absolute Gasteiger partial charge is 0.368 e. The van der Waals surface area contributed by atoms with E-state index >= 15 is 0 Å². The van der Waals surface area contributed by atoms with Crippen LogP contribution in [0.3, 0.4) is 0 Å². The molecule has 1 heterocycles. The predicted octanol–water partition coefficient (Wildman–Crippen LogP) is 3.74. The number of carbonyl (C=O) groups excluding carboxylic acids is 1. The predicted molar refractivity (Wildman–Crippen MR) is 90.3 cm³/mol. The molecule has 1 aliphatic heterocycles. The Morgan fingerprint density at radius 3 is 2.19 bits per heavy atom. The summed E-state index contributed by atoms with van der Waals surface area (Å²) in [4.78, 5) is 16.0. The lowest BCUT2D eigenvalue weighted by atomic mass is 10.1. The summed E-state index contributed by atoms with van der Waals surface area (Å²) in [6.45, 7) is 2.05. The number of halogens is 4. The first-order valence-corrected chi connectivity index (χ1v) is 8.27. The van der Waals surface area contributed by atoms with Crippen LogP contribution < -0.4 is 4.90 Å². The number of amides is 1. The van der Waals surface area contributed by atoms with Crippen molar-refractivity contribution in [1.29, 1.82) is 0 Å². The van der Waals surface area contributed by atoms with Crippen molar-refractivity contribution in [2.45, 2.75) is 12.6 Å². The number of alkyl halides is 3. The van der Waals surface area contributed by atoms with Crippen LogP contribution in [0.1, 0.15) is 11.1 Å². The topological polar surface area (TPSA) is 23.6 Å². The summed E-state index contributed by atoms with van der Waals surface area (Å²) in [6, 6.07) is 11.0. The first kappa shape index (κ1) is 18.2. The van der Waals surface area contributed by atoms with Crippen LogP contribution in [0, 0.1) is 5.82 Å². The quantitative estimate of drug-likeness (QED) is 0.773. The van der Waals surface area contributed by atoms with Crippen LogP contribution in [0.15, 0.2) is 48.5 Å². The molecule has 2 aromatic rings. The molecule has 138 valence electrons. The van der Waals surface area contributed by atoms with E-state index in [4.69, 9.17) is 0 Å². The third-order valence-corrected chi connectivity index (χ3v) is 4.44. The van der Waals surface area contributed by atoms with Crippen molar-refractivity contribution in [2.24, 2.45) is 0 Å². The maximum Gasteiger partial charge on any atom is 0.416 e. The van der Waals surface area contributed by atoms with E-state index in [-0.39, 0.29) is 18.1 Å². The fourth-order valence-corrected chi connectivity index (χ4v) is 3.01. The van der Waals surface area contributed by atoms with Gasteiger partial charge in [0.05, 0.1) is 12.0 Å².